The Bertz CT molecular complexity index is 284. The first kappa shape index (κ1) is 24.9. The molecule has 114 valence electrons. The van der Waals surface area contributed by atoms with Crippen LogP contribution < -0.4 is 10.2 Å². The van der Waals surface area contributed by atoms with Gasteiger partial charge in [0.2, 0.25) is 0 Å². The van der Waals surface area contributed by atoms with Gasteiger partial charge in [0, 0.05) is 0 Å². The van der Waals surface area contributed by atoms with Crippen molar-refractivity contribution in [3.8, 4) is 0 Å². The minimum Gasteiger partial charge on any atom is -0.547 e. The van der Waals surface area contributed by atoms with E-state index in [-0.39, 0.29) is 37.7 Å². The van der Waals surface area contributed by atoms with Gasteiger partial charge in [-0.1, -0.05) is 0 Å². The number of aliphatic hydroxyl groups is 6. The van der Waals surface area contributed by atoms with Crippen LogP contribution in [0.2, 0.25) is 0 Å². The van der Waals surface area contributed by atoms with E-state index in [0.717, 1.165) is 6.92 Å². The Morgan fingerprint density at radius 2 is 1.30 bits per heavy atom. The van der Waals surface area contributed by atoms with Gasteiger partial charge in [0.15, 0.2) is 0 Å². The van der Waals surface area contributed by atoms with Gasteiger partial charge in [0.25, 0.3) is 0 Å². The van der Waals surface area contributed by atoms with Crippen LogP contribution in [0.15, 0.2) is 0 Å². The predicted molar refractivity (Wildman–Crippen MR) is 58.6 cm³/mol. The third-order valence-corrected chi connectivity index (χ3v) is 1.84. The van der Waals surface area contributed by atoms with Crippen LogP contribution in [0.4, 0.5) is 0 Å². The molecule has 0 fully saturated rings. The molecule has 20 heavy (non-hydrogen) atoms. The maximum Gasteiger partial charge on any atom is 2.00 e. The molecule has 0 aromatic carbocycles. The van der Waals surface area contributed by atoms with Gasteiger partial charge in [-0.25, -0.2) is 0 Å². The molecule has 0 saturated heterocycles. The van der Waals surface area contributed by atoms with Crippen LogP contribution in [-0.4, -0.2) is 117 Å². The monoisotopic (exact) mass is 324 g/mol. The fourth-order valence-corrected chi connectivity index (χ4v) is 0.662. The van der Waals surface area contributed by atoms with Crippen molar-refractivity contribution < 1.29 is 50.4 Å². The molecular weight excluding hydrogens is 308 g/mol. The first-order valence-corrected chi connectivity index (χ1v) is 4.99. The number of hydrogen-bond donors (Lipinski definition) is 6. The number of hydrogen-bond acceptors (Lipinski definition) is 10. The zero-order chi connectivity index (χ0) is 15.7. The molecule has 0 aliphatic carbocycles. The standard InChI is InChI=1S/C6H12O7.C3H6O3.Ca/c7-1-2(8)3(9)4(10)5(11)6(12)13;1-2(4)3(5)6;/h2-5,7-11H,1H2,(H,12,13);2,4H,1H3,(H,5,6);/q;;+2/p-2. The van der Waals surface area contributed by atoms with Crippen molar-refractivity contribution in [1.29, 1.82) is 0 Å². The molecule has 5 unspecified atom stereocenters. The van der Waals surface area contributed by atoms with Crippen LogP contribution in [-0.2, 0) is 9.59 Å². The number of carboxylic acid groups (broad SMARTS) is 2. The molecule has 11 heteroatoms. The van der Waals surface area contributed by atoms with Crippen molar-refractivity contribution in [3.05, 3.63) is 0 Å². The summed E-state index contributed by atoms with van der Waals surface area (Å²) in [6.45, 7) is 0.271. The van der Waals surface area contributed by atoms with Gasteiger partial charge in [0.1, 0.15) is 24.4 Å². The average Bonchev–Trinajstić information content (AvgIpc) is 2.35. The van der Waals surface area contributed by atoms with Crippen molar-refractivity contribution in [1.82, 2.24) is 0 Å². The second-order valence-corrected chi connectivity index (χ2v) is 3.49. The molecule has 0 radical (unpaired) electrons. The number of aliphatic hydroxyl groups excluding tert-OH is 6. The van der Waals surface area contributed by atoms with E-state index in [1.54, 1.807) is 0 Å². The Hall–Kier alpha value is -0.0403. The number of aliphatic carboxylic acids is 2. The Kier molecular flexibility index (Phi) is 15.8. The van der Waals surface area contributed by atoms with Crippen LogP contribution in [0.25, 0.3) is 0 Å². The minimum atomic E-state index is -2.31. The topological polar surface area (TPSA) is 202 Å². The molecule has 0 saturated carbocycles. The summed E-state index contributed by atoms with van der Waals surface area (Å²) in [6, 6.07) is 0. The second kappa shape index (κ2) is 12.7. The van der Waals surface area contributed by atoms with Crippen molar-refractivity contribution in [2.75, 3.05) is 6.61 Å². The summed E-state index contributed by atoms with van der Waals surface area (Å²) in [5, 5.41) is 70.7. The summed E-state index contributed by atoms with van der Waals surface area (Å²) < 4.78 is 0. The Morgan fingerprint density at radius 3 is 1.50 bits per heavy atom. The number of carbonyl (C=O) groups is 2. The van der Waals surface area contributed by atoms with Gasteiger partial charge in [-0.05, 0) is 6.92 Å². The zero-order valence-electron chi connectivity index (χ0n) is 10.6. The molecule has 5 atom stereocenters. The molecule has 6 N–H and O–H groups in total. The molecule has 0 amide bonds. The second-order valence-electron chi connectivity index (χ2n) is 3.49. The van der Waals surface area contributed by atoms with Gasteiger partial charge < -0.3 is 50.4 Å². The van der Waals surface area contributed by atoms with Crippen LogP contribution in [0.1, 0.15) is 6.92 Å². The van der Waals surface area contributed by atoms with E-state index in [9.17, 15) is 19.8 Å². The molecule has 0 aromatic rings. The third kappa shape index (κ3) is 10.7. The molecule has 0 bridgehead atoms. The Balaban J connectivity index is -0.000000352. The molecule has 0 spiro atoms. The van der Waals surface area contributed by atoms with Crippen LogP contribution in [0.5, 0.6) is 0 Å². The van der Waals surface area contributed by atoms with Gasteiger partial charge in [-0.2, -0.15) is 0 Å². The molecule has 10 nitrogen and oxygen atoms in total. The van der Waals surface area contributed by atoms with Crippen molar-refractivity contribution in [2.45, 2.75) is 37.4 Å². The Labute approximate surface area is 143 Å². The summed E-state index contributed by atoms with van der Waals surface area (Å²) in [4.78, 5) is 19.3. The largest absolute Gasteiger partial charge is 2.00 e. The third-order valence-electron chi connectivity index (χ3n) is 1.84. The summed E-state index contributed by atoms with van der Waals surface area (Å²) >= 11 is 0. The summed E-state index contributed by atoms with van der Waals surface area (Å²) in [5.41, 5.74) is 0. The number of rotatable bonds is 6. The maximum absolute atomic E-state index is 9.98. The van der Waals surface area contributed by atoms with E-state index in [1.807, 2.05) is 0 Å². The molecular formula is C9H16CaO10. The van der Waals surface area contributed by atoms with Crippen molar-refractivity contribution >= 4 is 49.7 Å². The van der Waals surface area contributed by atoms with E-state index in [1.165, 1.54) is 0 Å². The SMILES string of the molecule is CC(O)C(=O)[O-].O=C([O-])C(O)C(O)C(O)C(O)CO.[Ca+2]. The van der Waals surface area contributed by atoms with E-state index in [0.29, 0.717) is 0 Å². The molecule has 0 aliphatic heterocycles. The molecule has 0 rings (SSSR count). The van der Waals surface area contributed by atoms with Gasteiger partial charge >= 0.3 is 37.7 Å². The van der Waals surface area contributed by atoms with E-state index in [4.69, 9.17) is 30.6 Å². The number of carboxylic acids is 2. The van der Waals surface area contributed by atoms with Crippen molar-refractivity contribution in [3.63, 3.8) is 0 Å². The molecule has 0 heterocycles. The summed E-state index contributed by atoms with van der Waals surface area (Å²) in [6.07, 6.45) is -9.42. The average molecular weight is 324 g/mol. The fourth-order valence-electron chi connectivity index (χ4n) is 0.662. The van der Waals surface area contributed by atoms with E-state index in [2.05, 4.69) is 0 Å². The normalized spacial score (nSPS) is 17.4. The predicted octanol–water partition coefficient (Wildman–Crippen LogP) is -7.09. The first-order chi connectivity index (χ1) is 8.56. The summed E-state index contributed by atoms with van der Waals surface area (Å²) in [5.74, 6) is -3.41. The van der Waals surface area contributed by atoms with E-state index < -0.39 is 49.1 Å². The first-order valence-electron chi connectivity index (χ1n) is 4.99. The minimum absolute atomic E-state index is 0. The van der Waals surface area contributed by atoms with Gasteiger partial charge in [-0.15, -0.1) is 0 Å². The number of carbonyl (C=O) groups excluding carboxylic acids is 2. The fraction of sp³-hybridized carbons (Fsp3) is 0.778. The molecule has 0 aliphatic rings. The maximum atomic E-state index is 9.98. The van der Waals surface area contributed by atoms with Crippen LogP contribution in [0, 0.1) is 0 Å². The Morgan fingerprint density at radius 1 is 0.950 bits per heavy atom. The smallest absolute Gasteiger partial charge is 0.547 e. The van der Waals surface area contributed by atoms with Gasteiger partial charge in [0.05, 0.1) is 24.6 Å². The quantitative estimate of drug-likeness (QED) is 0.255. The van der Waals surface area contributed by atoms with Crippen LogP contribution >= 0.6 is 0 Å². The molecule has 0 aromatic heterocycles. The summed E-state index contributed by atoms with van der Waals surface area (Å²) in [7, 11) is 0. The zero-order valence-corrected chi connectivity index (χ0v) is 12.8. The van der Waals surface area contributed by atoms with Gasteiger partial charge in [-0.3, -0.25) is 0 Å². The van der Waals surface area contributed by atoms with E-state index >= 15 is 0 Å². The van der Waals surface area contributed by atoms with Crippen molar-refractivity contribution in [2.24, 2.45) is 0 Å². The van der Waals surface area contributed by atoms with Crippen LogP contribution in [0.3, 0.4) is 0 Å².